The summed E-state index contributed by atoms with van der Waals surface area (Å²) in [6, 6.07) is 11.6. The van der Waals surface area contributed by atoms with E-state index in [1.54, 1.807) is 13.3 Å². The summed E-state index contributed by atoms with van der Waals surface area (Å²) >= 11 is 9.59. The smallest absolute Gasteiger partial charge is 0.151 e. The van der Waals surface area contributed by atoms with E-state index < -0.39 is 0 Å². The van der Waals surface area contributed by atoms with Crippen molar-refractivity contribution in [2.45, 2.75) is 6.42 Å². The van der Waals surface area contributed by atoms with Crippen LogP contribution in [0.25, 0.3) is 10.9 Å². The van der Waals surface area contributed by atoms with Gasteiger partial charge in [-0.1, -0.05) is 29.8 Å². The van der Waals surface area contributed by atoms with Crippen molar-refractivity contribution in [1.82, 2.24) is 4.98 Å². The number of H-pyrrole nitrogens is 1. The Labute approximate surface area is 153 Å². The Hall–Kier alpha value is -1.98. The molecule has 0 aliphatic rings. The van der Waals surface area contributed by atoms with Crippen molar-refractivity contribution in [3.8, 4) is 11.5 Å². The lowest BCUT2D eigenvalue weighted by Crippen LogP contribution is -1.95. The van der Waals surface area contributed by atoms with Gasteiger partial charge in [-0.3, -0.25) is 4.99 Å². The van der Waals surface area contributed by atoms with Crippen LogP contribution in [0.4, 0.5) is 0 Å². The summed E-state index contributed by atoms with van der Waals surface area (Å²) in [7, 11) is 1.66. The highest BCUT2D eigenvalue weighted by Crippen LogP contribution is 2.38. The van der Waals surface area contributed by atoms with Crippen molar-refractivity contribution in [1.29, 1.82) is 0 Å². The van der Waals surface area contributed by atoms with E-state index >= 15 is 0 Å². The van der Waals surface area contributed by atoms with Crippen LogP contribution in [0.15, 0.2) is 45.9 Å². The number of hydrogen-bond donors (Lipinski definition) is 2. The first-order chi connectivity index (χ1) is 11.6. The summed E-state index contributed by atoms with van der Waals surface area (Å²) in [6.45, 7) is 0.590. The molecule has 0 saturated carbocycles. The van der Waals surface area contributed by atoms with Crippen LogP contribution in [-0.4, -0.2) is 30.0 Å². The van der Waals surface area contributed by atoms with Crippen molar-refractivity contribution in [2.75, 3.05) is 13.7 Å². The summed E-state index contributed by atoms with van der Waals surface area (Å²) in [5, 5.41) is 11.4. The number of benzene rings is 2. The Balaban J connectivity index is 1.77. The second-order valence-electron chi connectivity index (χ2n) is 5.27. The second-order valence-corrected chi connectivity index (χ2v) is 6.50. The summed E-state index contributed by atoms with van der Waals surface area (Å²) in [5.74, 6) is 0.968. The number of aromatic amines is 1. The number of rotatable bonds is 5. The molecule has 24 heavy (non-hydrogen) atoms. The Bertz CT molecular complexity index is 905. The van der Waals surface area contributed by atoms with Gasteiger partial charge in [-0.2, -0.15) is 0 Å². The second kappa shape index (κ2) is 7.28. The summed E-state index contributed by atoms with van der Waals surface area (Å²) in [4.78, 5) is 7.52. The molecule has 0 aliphatic carbocycles. The quantitative estimate of drug-likeness (QED) is 0.587. The van der Waals surface area contributed by atoms with Crippen molar-refractivity contribution in [3.63, 3.8) is 0 Å². The van der Waals surface area contributed by atoms with E-state index in [0.29, 0.717) is 22.6 Å². The third-order valence-corrected chi connectivity index (χ3v) is 5.06. The molecule has 0 amide bonds. The first-order valence-electron chi connectivity index (χ1n) is 7.42. The molecule has 0 bridgehead atoms. The molecule has 0 fully saturated rings. The average molecular weight is 408 g/mol. The predicted octanol–water partition coefficient (Wildman–Crippen LogP) is 4.96. The molecule has 4 nitrogen and oxygen atoms in total. The maximum atomic E-state index is 10.3. The van der Waals surface area contributed by atoms with Gasteiger partial charge in [0.25, 0.3) is 0 Å². The number of halogens is 2. The van der Waals surface area contributed by atoms with E-state index in [0.717, 1.165) is 27.7 Å². The monoisotopic (exact) mass is 406 g/mol. The van der Waals surface area contributed by atoms with Crippen molar-refractivity contribution < 1.29 is 9.84 Å². The average Bonchev–Trinajstić information content (AvgIpc) is 2.92. The summed E-state index contributed by atoms with van der Waals surface area (Å²) in [5.41, 5.74) is 2.42. The van der Waals surface area contributed by atoms with Crippen LogP contribution in [0.1, 0.15) is 11.3 Å². The lowest BCUT2D eigenvalue weighted by Gasteiger charge is -2.05. The minimum absolute atomic E-state index is 0.109. The molecule has 1 aromatic heterocycles. The van der Waals surface area contributed by atoms with Crippen LogP contribution in [0, 0.1) is 0 Å². The van der Waals surface area contributed by atoms with E-state index in [9.17, 15) is 5.11 Å². The predicted molar refractivity (Wildman–Crippen MR) is 102 cm³/mol. The Morgan fingerprint density at radius 2 is 2.08 bits per heavy atom. The van der Waals surface area contributed by atoms with E-state index in [1.165, 1.54) is 0 Å². The van der Waals surface area contributed by atoms with Gasteiger partial charge in [-0.25, -0.2) is 0 Å². The van der Waals surface area contributed by atoms with E-state index in [2.05, 4.69) is 25.9 Å². The van der Waals surface area contributed by atoms with Gasteiger partial charge >= 0.3 is 0 Å². The summed E-state index contributed by atoms with van der Waals surface area (Å²) < 4.78 is 6.07. The number of aliphatic imine (C=N–C) groups is 1. The Kier molecular flexibility index (Phi) is 5.11. The van der Waals surface area contributed by atoms with Crippen molar-refractivity contribution >= 4 is 44.6 Å². The maximum absolute atomic E-state index is 10.3. The largest absolute Gasteiger partial charge is 0.505 e. The molecule has 3 rings (SSSR count). The Morgan fingerprint density at radius 3 is 2.88 bits per heavy atom. The molecule has 6 heteroatoms. The normalized spacial score (nSPS) is 11.5. The number of nitrogens with one attached hydrogen (secondary N) is 1. The van der Waals surface area contributed by atoms with Gasteiger partial charge in [-0.05, 0) is 46.1 Å². The fraction of sp³-hybridized carbons (Fsp3) is 0.167. The number of aromatic nitrogens is 1. The number of hydrogen-bond acceptors (Lipinski definition) is 3. The SMILES string of the molecule is COc1ccccc1CCN=Cc1[nH]c2ccc(Br)c(Cl)c2c1O. The zero-order chi connectivity index (χ0) is 17.1. The first kappa shape index (κ1) is 16.9. The van der Waals surface area contributed by atoms with E-state index in [4.69, 9.17) is 16.3 Å². The molecule has 3 aromatic rings. The topological polar surface area (TPSA) is 57.6 Å². The van der Waals surface area contributed by atoms with Gasteiger partial charge in [-0.15, -0.1) is 0 Å². The molecule has 0 atom stereocenters. The number of aromatic hydroxyl groups is 1. The van der Waals surface area contributed by atoms with E-state index in [1.807, 2.05) is 36.4 Å². The van der Waals surface area contributed by atoms with Gasteiger partial charge in [0.15, 0.2) is 5.75 Å². The number of nitrogens with zero attached hydrogens (tertiary/aromatic N) is 1. The first-order valence-corrected chi connectivity index (χ1v) is 8.59. The molecule has 1 heterocycles. The van der Waals surface area contributed by atoms with Crippen LogP contribution in [0.3, 0.4) is 0 Å². The highest BCUT2D eigenvalue weighted by atomic mass is 79.9. The fourth-order valence-electron chi connectivity index (χ4n) is 2.57. The molecule has 0 unspecified atom stereocenters. The lowest BCUT2D eigenvalue weighted by molar-refractivity contribution is 0.410. The molecule has 124 valence electrons. The number of ether oxygens (including phenoxy) is 1. The van der Waals surface area contributed by atoms with Gasteiger partial charge < -0.3 is 14.8 Å². The van der Waals surface area contributed by atoms with E-state index in [-0.39, 0.29) is 5.75 Å². The number of fused-ring (bicyclic) bond motifs is 1. The summed E-state index contributed by atoms with van der Waals surface area (Å²) in [6.07, 6.45) is 2.39. The maximum Gasteiger partial charge on any atom is 0.151 e. The van der Waals surface area contributed by atoms with Crippen LogP contribution in [0.5, 0.6) is 11.5 Å². The molecule has 0 spiro atoms. The zero-order valence-corrected chi connectivity index (χ0v) is 15.4. The standard InChI is InChI=1S/C18H16BrClN2O2/c1-24-15-5-3-2-4-11(15)8-9-21-10-14-18(23)16-13(22-14)7-6-12(19)17(16)20/h2-7,10,22-23H,8-9H2,1H3. The van der Waals surface area contributed by atoms with Gasteiger partial charge in [0, 0.05) is 17.2 Å². The zero-order valence-electron chi connectivity index (χ0n) is 13.0. The van der Waals surface area contributed by atoms with Crippen molar-refractivity contribution in [2.24, 2.45) is 4.99 Å². The molecular weight excluding hydrogens is 392 g/mol. The third kappa shape index (κ3) is 3.28. The molecule has 2 N–H and O–H groups in total. The van der Waals surface area contributed by atoms with Gasteiger partial charge in [0.05, 0.1) is 28.7 Å². The van der Waals surface area contributed by atoms with Crippen LogP contribution in [-0.2, 0) is 6.42 Å². The number of methoxy groups -OCH3 is 1. The molecule has 2 aromatic carbocycles. The minimum atomic E-state index is 0.109. The fourth-order valence-corrected chi connectivity index (χ4v) is 3.15. The molecule has 0 radical (unpaired) electrons. The number of para-hydroxylation sites is 1. The molecule has 0 saturated heterocycles. The highest BCUT2D eigenvalue weighted by molar-refractivity contribution is 9.10. The lowest BCUT2D eigenvalue weighted by atomic mass is 10.1. The minimum Gasteiger partial charge on any atom is -0.505 e. The van der Waals surface area contributed by atoms with Gasteiger partial charge in [0.2, 0.25) is 0 Å². The van der Waals surface area contributed by atoms with Crippen LogP contribution in [0.2, 0.25) is 5.02 Å². The molecular formula is C18H16BrClN2O2. The molecule has 0 aliphatic heterocycles. The van der Waals surface area contributed by atoms with Crippen molar-refractivity contribution in [3.05, 3.63) is 57.2 Å². The van der Waals surface area contributed by atoms with Crippen LogP contribution >= 0.6 is 27.5 Å². The van der Waals surface area contributed by atoms with Crippen LogP contribution < -0.4 is 4.74 Å². The third-order valence-electron chi connectivity index (χ3n) is 3.78. The highest BCUT2D eigenvalue weighted by Gasteiger charge is 2.13. The van der Waals surface area contributed by atoms with Gasteiger partial charge in [0.1, 0.15) is 5.75 Å². The Morgan fingerprint density at radius 1 is 1.29 bits per heavy atom.